The number of carbonyl (C=O) groups is 3. The van der Waals surface area contributed by atoms with Crippen LogP contribution in [0.1, 0.15) is 18.5 Å². The Balaban J connectivity index is 1.77. The first-order chi connectivity index (χ1) is 12.2. The molecule has 0 bridgehead atoms. The molecule has 0 spiro atoms. The fourth-order valence-electron chi connectivity index (χ4n) is 3.04. The van der Waals surface area contributed by atoms with Gasteiger partial charge in [-0.05, 0) is 30.2 Å². The van der Waals surface area contributed by atoms with E-state index in [0.717, 1.165) is 4.90 Å². The molecule has 0 unspecified atom stereocenters. The minimum absolute atomic E-state index is 0.0203. The molecule has 26 heavy (non-hydrogen) atoms. The van der Waals surface area contributed by atoms with Crippen LogP contribution in [0.3, 0.4) is 0 Å². The van der Waals surface area contributed by atoms with E-state index in [0.29, 0.717) is 11.1 Å². The van der Waals surface area contributed by atoms with Gasteiger partial charge in [-0.1, -0.05) is 12.1 Å². The molecule has 2 amide bonds. The summed E-state index contributed by atoms with van der Waals surface area (Å²) < 4.78 is 12.3. The molecule has 2 aliphatic heterocycles. The van der Waals surface area contributed by atoms with E-state index < -0.39 is 46.0 Å². The zero-order chi connectivity index (χ0) is 19.2. The number of rotatable bonds is 4. The second-order valence-corrected chi connectivity index (χ2v) is 7.65. The van der Waals surface area contributed by atoms with E-state index >= 15 is 0 Å². The number of nitrogens with zero attached hydrogens (tertiary/aromatic N) is 1. The van der Waals surface area contributed by atoms with Crippen molar-refractivity contribution in [3.05, 3.63) is 41.1 Å². The van der Waals surface area contributed by atoms with Gasteiger partial charge < -0.3 is 21.3 Å². The third-order valence-corrected chi connectivity index (χ3v) is 6.09. The van der Waals surface area contributed by atoms with Gasteiger partial charge in [-0.15, -0.1) is 0 Å². The molecule has 9 nitrogen and oxygen atoms in total. The first-order valence-electron chi connectivity index (χ1n) is 7.70. The van der Waals surface area contributed by atoms with Crippen LogP contribution in [0.5, 0.6) is 5.75 Å². The Morgan fingerprint density at radius 3 is 2.54 bits per heavy atom. The molecule has 0 aliphatic carbocycles. The fraction of sp³-hybridized carbons (Fsp3) is 0.312. The summed E-state index contributed by atoms with van der Waals surface area (Å²) in [5.74, 6) is -2.53. The fourth-order valence-corrected chi connectivity index (χ4v) is 4.71. The van der Waals surface area contributed by atoms with Crippen LogP contribution < -0.4 is 11.1 Å². The van der Waals surface area contributed by atoms with Crippen molar-refractivity contribution in [2.24, 2.45) is 5.73 Å². The van der Waals surface area contributed by atoms with Crippen LogP contribution in [0.25, 0.3) is 0 Å². The number of phenolic OH excluding ortho intramolecular Hbond substituents is 1. The Kier molecular flexibility index (Phi) is 4.55. The average molecular weight is 379 g/mol. The molecule has 2 aliphatic rings. The second-order valence-electron chi connectivity index (χ2n) is 6.11. The maximum atomic E-state index is 12.3. The molecule has 5 N–H and O–H groups in total. The van der Waals surface area contributed by atoms with E-state index in [9.17, 15) is 28.8 Å². The van der Waals surface area contributed by atoms with Gasteiger partial charge in [-0.3, -0.25) is 18.7 Å². The van der Waals surface area contributed by atoms with Crippen LogP contribution in [0.2, 0.25) is 0 Å². The van der Waals surface area contributed by atoms with Crippen LogP contribution in [0.4, 0.5) is 0 Å². The number of nitrogens with one attached hydrogen (secondary N) is 1. The van der Waals surface area contributed by atoms with Crippen molar-refractivity contribution in [2.75, 3.05) is 5.75 Å². The Morgan fingerprint density at radius 1 is 1.35 bits per heavy atom. The Hall–Kier alpha value is -2.72. The van der Waals surface area contributed by atoms with Crippen LogP contribution in [-0.2, 0) is 25.2 Å². The van der Waals surface area contributed by atoms with E-state index in [4.69, 9.17) is 5.73 Å². The van der Waals surface area contributed by atoms with Crippen molar-refractivity contribution in [3.63, 3.8) is 0 Å². The maximum absolute atomic E-state index is 12.3. The predicted molar refractivity (Wildman–Crippen MR) is 90.9 cm³/mol. The maximum Gasteiger partial charge on any atom is 0.352 e. The van der Waals surface area contributed by atoms with E-state index in [-0.39, 0.29) is 17.2 Å². The molecule has 1 fully saturated rings. The molecule has 1 saturated heterocycles. The number of nitrogens with two attached hydrogens (primary N) is 1. The lowest BCUT2D eigenvalue weighted by Crippen LogP contribution is -2.73. The van der Waals surface area contributed by atoms with Crippen molar-refractivity contribution < 1.29 is 28.8 Å². The Bertz CT molecular complexity index is 850. The number of carboxylic acid groups (broad SMARTS) is 1. The number of β-lactam (4-membered cyclic amide) rings is 1. The highest BCUT2D eigenvalue weighted by molar-refractivity contribution is 7.86. The molecular formula is C16H17N3O6S. The van der Waals surface area contributed by atoms with Gasteiger partial charge in [0.1, 0.15) is 28.9 Å². The molecule has 1 aromatic carbocycles. The highest BCUT2D eigenvalue weighted by atomic mass is 32.2. The SMILES string of the molecule is CC1=C(C(=O)O)N2C(=O)[C@@H](NC(=O)[C@H](N)c3ccc(O)cc3)[C@H]2[S@@](=O)C1. The topological polar surface area (TPSA) is 150 Å². The van der Waals surface area contributed by atoms with Gasteiger partial charge in [-0.2, -0.15) is 0 Å². The van der Waals surface area contributed by atoms with Gasteiger partial charge in [0.15, 0.2) is 0 Å². The van der Waals surface area contributed by atoms with Crippen LogP contribution in [0.15, 0.2) is 35.5 Å². The zero-order valence-corrected chi connectivity index (χ0v) is 14.5. The summed E-state index contributed by atoms with van der Waals surface area (Å²) in [6, 6.07) is 3.52. The Labute approximate surface area is 150 Å². The zero-order valence-electron chi connectivity index (χ0n) is 13.7. The van der Waals surface area contributed by atoms with Crippen molar-refractivity contribution >= 4 is 28.6 Å². The minimum Gasteiger partial charge on any atom is -0.508 e. The summed E-state index contributed by atoms with van der Waals surface area (Å²) in [5, 5.41) is 20.1. The summed E-state index contributed by atoms with van der Waals surface area (Å²) >= 11 is 0. The molecule has 3 rings (SSSR count). The smallest absolute Gasteiger partial charge is 0.352 e. The number of aliphatic carboxylic acids is 1. The van der Waals surface area contributed by atoms with Gasteiger partial charge in [0, 0.05) is 5.75 Å². The molecule has 0 saturated carbocycles. The molecule has 0 aromatic heterocycles. The largest absolute Gasteiger partial charge is 0.508 e. The number of carbonyl (C=O) groups excluding carboxylic acids is 2. The predicted octanol–water partition coefficient (Wildman–Crippen LogP) is -0.834. The van der Waals surface area contributed by atoms with Crippen molar-refractivity contribution in [1.29, 1.82) is 0 Å². The van der Waals surface area contributed by atoms with E-state index in [2.05, 4.69) is 5.32 Å². The molecule has 0 radical (unpaired) electrons. The standard InChI is InChI=1S/C16H17N3O6S/c1-7-6-26(25)15-11(14(22)19(15)12(7)16(23)24)18-13(21)10(17)8-2-4-9(20)5-3-8/h2-5,10-11,15,20H,6,17H2,1H3,(H,18,21)(H,23,24)/t10-,11-,15-,26+/m1/s1. The van der Waals surface area contributed by atoms with Gasteiger partial charge in [0.25, 0.3) is 5.91 Å². The summed E-state index contributed by atoms with van der Waals surface area (Å²) in [6.07, 6.45) is 0. The van der Waals surface area contributed by atoms with Gasteiger partial charge in [0.05, 0.1) is 10.8 Å². The van der Waals surface area contributed by atoms with Gasteiger partial charge in [0.2, 0.25) is 5.91 Å². The number of amides is 2. The number of fused-ring (bicyclic) bond motifs is 1. The number of phenols is 1. The second kappa shape index (κ2) is 6.54. The molecule has 10 heteroatoms. The summed E-state index contributed by atoms with van der Waals surface area (Å²) in [6.45, 7) is 1.51. The van der Waals surface area contributed by atoms with Gasteiger partial charge >= 0.3 is 5.97 Å². The number of hydrogen-bond donors (Lipinski definition) is 4. The molecule has 4 atom stereocenters. The first kappa shape index (κ1) is 18.1. The monoisotopic (exact) mass is 379 g/mol. The van der Waals surface area contributed by atoms with Crippen molar-refractivity contribution in [2.45, 2.75) is 24.4 Å². The highest BCUT2D eigenvalue weighted by Gasteiger charge is 2.56. The lowest BCUT2D eigenvalue weighted by atomic mass is 10.0. The third-order valence-electron chi connectivity index (χ3n) is 4.35. The van der Waals surface area contributed by atoms with E-state index in [1.165, 1.54) is 31.2 Å². The quantitative estimate of drug-likeness (QED) is 0.498. The lowest BCUT2D eigenvalue weighted by Gasteiger charge is -2.49. The highest BCUT2D eigenvalue weighted by Crippen LogP contribution is 2.34. The van der Waals surface area contributed by atoms with Crippen LogP contribution >= 0.6 is 0 Å². The summed E-state index contributed by atoms with van der Waals surface area (Å²) in [4.78, 5) is 37.0. The van der Waals surface area contributed by atoms with Crippen LogP contribution in [0, 0.1) is 0 Å². The normalized spacial score (nSPS) is 26.0. The van der Waals surface area contributed by atoms with E-state index in [1.54, 1.807) is 0 Å². The van der Waals surface area contributed by atoms with Gasteiger partial charge in [-0.25, -0.2) is 4.79 Å². The van der Waals surface area contributed by atoms with Crippen molar-refractivity contribution in [3.8, 4) is 5.75 Å². The number of benzene rings is 1. The summed E-state index contributed by atoms with van der Waals surface area (Å²) in [5.41, 5.74) is 6.46. The minimum atomic E-state index is -1.53. The summed E-state index contributed by atoms with van der Waals surface area (Å²) in [7, 11) is -1.53. The average Bonchev–Trinajstić information content (AvgIpc) is 2.58. The number of hydrogen-bond acceptors (Lipinski definition) is 6. The van der Waals surface area contributed by atoms with Crippen LogP contribution in [-0.4, -0.2) is 54.3 Å². The number of aromatic hydroxyl groups is 1. The molecule has 2 heterocycles. The lowest BCUT2D eigenvalue weighted by molar-refractivity contribution is -0.151. The molecular weight excluding hydrogens is 362 g/mol. The van der Waals surface area contributed by atoms with E-state index in [1.807, 2.05) is 0 Å². The number of carboxylic acids is 1. The molecule has 138 valence electrons. The first-order valence-corrected chi connectivity index (χ1v) is 9.08. The third kappa shape index (κ3) is 2.86. The Morgan fingerprint density at radius 2 is 1.96 bits per heavy atom. The molecule has 1 aromatic rings. The van der Waals surface area contributed by atoms with Crippen molar-refractivity contribution in [1.82, 2.24) is 10.2 Å².